The van der Waals surface area contributed by atoms with E-state index in [4.69, 9.17) is 0 Å². The van der Waals surface area contributed by atoms with Crippen molar-refractivity contribution in [2.75, 3.05) is 39.8 Å². The number of benzene rings is 3. The summed E-state index contributed by atoms with van der Waals surface area (Å²) in [5.41, 5.74) is 4.76. The van der Waals surface area contributed by atoms with Gasteiger partial charge in [0.2, 0.25) is 0 Å². The molecule has 0 spiro atoms. The molecule has 1 fully saturated rings. The van der Waals surface area contributed by atoms with Crippen LogP contribution in [0.4, 0.5) is 0 Å². The highest BCUT2D eigenvalue weighted by Gasteiger charge is 2.28. The number of piperazine rings is 1. The van der Waals surface area contributed by atoms with E-state index in [9.17, 15) is 9.59 Å². The molecule has 1 saturated heterocycles. The van der Waals surface area contributed by atoms with E-state index in [0.717, 1.165) is 49.4 Å². The summed E-state index contributed by atoms with van der Waals surface area (Å²) in [5.74, 6) is -0.165. The van der Waals surface area contributed by atoms with Crippen molar-refractivity contribution in [1.82, 2.24) is 15.1 Å². The molecule has 1 amide bonds. The molecule has 0 bridgehead atoms. The number of hydrogen-bond acceptors (Lipinski definition) is 4. The van der Waals surface area contributed by atoms with E-state index in [2.05, 4.69) is 34.3 Å². The molecule has 1 N–H and O–H groups in total. The Bertz CT molecular complexity index is 1150. The first-order valence-electron chi connectivity index (χ1n) is 11.1. The molecule has 1 unspecified atom stereocenters. The zero-order valence-electron chi connectivity index (χ0n) is 18.3. The van der Waals surface area contributed by atoms with Crippen LogP contribution in [0.3, 0.4) is 0 Å². The van der Waals surface area contributed by atoms with Crippen molar-refractivity contribution in [2.24, 2.45) is 0 Å². The van der Waals surface area contributed by atoms with Crippen LogP contribution < -0.4 is 5.32 Å². The van der Waals surface area contributed by atoms with Gasteiger partial charge in [0.1, 0.15) is 0 Å². The second-order valence-corrected chi connectivity index (χ2v) is 8.68. The molecule has 1 atom stereocenters. The van der Waals surface area contributed by atoms with Crippen LogP contribution in [-0.2, 0) is 0 Å². The highest BCUT2D eigenvalue weighted by atomic mass is 16.1. The van der Waals surface area contributed by atoms with Crippen molar-refractivity contribution < 1.29 is 9.59 Å². The molecule has 2 aliphatic rings. The molecule has 1 aliphatic carbocycles. The highest BCUT2D eigenvalue weighted by Crippen LogP contribution is 2.36. The van der Waals surface area contributed by atoms with Crippen molar-refractivity contribution in [3.63, 3.8) is 0 Å². The molecule has 3 aromatic rings. The van der Waals surface area contributed by atoms with Gasteiger partial charge in [0.15, 0.2) is 5.78 Å². The number of amides is 1. The minimum atomic E-state index is -0.153. The molecule has 5 rings (SSSR count). The molecule has 1 heterocycles. The van der Waals surface area contributed by atoms with Gasteiger partial charge in [-0.15, -0.1) is 0 Å². The number of nitrogens with zero attached hydrogens (tertiary/aromatic N) is 2. The minimum Gasteiger partial charge on any atom is -0.344 e. The van der Waals surface area contributed by atoms with Gasteiger partial charge in [-0.3, -0.25) is 14.5 Å². The molecule has 162 valence electrons. The SMILES string of the molecule is CN1CCN(CC(NC(=O)c2ccc3c(c2)C(=O)c2ccccc2-3)c2ccccc2)CC1. The van der Waals surface area contributed by atoms with Crippen LogP contribution in [-0.4, -0.2) is 61.3 Å². The molecule has 5 heteroatoms. The van der Waals surface area contributed by atoms with E-state index < -0.39 is 0 Å². The lowest BCUT2D eigenvalue weighted by Gasteiger charge is -2.35. The van der Waals surface area contributed by atoms with Gasteiger partial charge in [-0.05, 0) is 35.9 Å². The van der Waals surface area contributed by atoms with Crippen molar-refractivity contribution in [3.05, 3.63) is 95.1 Å². The lowest BCUT2D eigenvalue weighted by atomic mass is 10.0. The van der Waals surface area contributed by atoms with Crippen molar-refractivity contribution in [1.29, 1.82) is 0 Å². The van der Waals surface area contributed by atoms with Crippen molar-refractivity contribution in [2.45, 2.75) is 6.04 Å². The first-order chi connectivity index (χ1) is 15.6. The third-order valence-corrected chi connectivity index (χ3v) is 6.53. The molecular weight excluding hydrogens is 398 g/mol. The van der Waals surface area contributed by atoms with Gasteiger partial charge < -0.3 is 10.2 Å². The van der Waals surface area contributed by atoms with E-state index in [1.54, 1.807) is 6.07 Å². The molecule has 3 aromatic carbocycles. The monoisotopic (exact) mass is 425 g/mol. The quantitative estimate of drug-likeness (QED) is 0.531. The van der Waals surface area contributed by atoms with Crippen LogP contribution in [0.2, 0.25) is 0 Å². The number of likely N-dealkylation sites (N-methyl/N-ethyl adjacent to an activating group) is 1. The molecule has 0 saturated carbocycles. The molecular formula is C27H27N3O2. The summed E-state index contributed by atoms with van der Waals surface area (Å²) in [6, 6.07) is 23.1. The zero-order chi connectivity index (χ0) is 22.1. The summed E-state index contributed by atoms with van der Waals surface area (Å²) in [6.45, 7) is 4.80. The lowest BCUT2D eigenvalue weighted by Crippen LogP contribution is -2.47. The van der Waals surface area contributed by atoms with Crippen molar-refractivity contribution >= 4 is 11.7 Å². The second-order valence-electron chi connectivity index (χ2n) is 8.68. The Morgan fingerprint density at radius 2 is 1.50 bits per heavy atom. The average molecular weight is 426 g/mol. The number of carbonyl (C=O) groups is 2. The van der Waals surface area contributed by atoms with Gasteiger partial charge in [0.05, 0.1) is 6.04 Å². The van der Waals surface area contributed by atoms with Crippen LogP contribution in [0, 0.1) is 0 Å². The summed E-state index contributed by atoms with van der Waals surface area (Å²) in [5, 5.41) is 3.23. The Hall–Kier alpha value is -3.28. The van der Waals surface area contributed by atoms with Crippen LogP contribution in [0.1, 0.15) is 37.9 Å². The molecule has 32 heavy (non-hydrogen) atoms. The first kappa shape index (κ1) is 20.6. The Morgan fingerprint density at radius 3 is 2.25 bits per heavy atom. The smallest absolute Gasteiger partial charge is 0.251 e. The van der Waals surface area contributed by atoms with Crippen LogP contribution >= 0.6 is 0 Å². The number of nitrogens with one attached hydrogen (secondary N) is 1. The Kier molecular flexibility index (Phi) is 5.60. The standard InChI is InChI=1S/C27H27N3O2/c1-29-13-15-30(16-14-29)18-25(19-7-3-2-4-8-19)28-27(32)20-11-12-22-21-9-5-6-10-23(21)26(31)24(22)17-20/h2-12,17,25H,13-16,18H2,1H3,(H,28,32). The zero-order valence-corrected chi connectivity index (χ0v) is 18.3. The Labute approximate surface area is 188 Å². The van der Waals surface area contributed by atoms with Crippen LogP contribution in [0.25, 0.3) is 11.1 Å². The van der Waals surface area contributed by atoms with E-state index >= 15 is 0 Å². The molecule has 5 nitrogen and oxygen atoms in total. The summed E-state index contributed by atoms with van der Waals surface area (Å²) in [6.07, 6.45) is 0. The highest BCUT2D eigenvalue weighted by molar-refractivity contribution is 6.22. The van der Waals surface area contributed by atoms with Gasteiger partial charge >= 0.3 is 0 Å². The van der Waals surface area contributed by atoms with Gasteiger partial charge in [0, 0.05) is 49.4 Å². The van der Waals surface area contributed by atoms with Crippen molar-refractivity contribution in [3.8, 4) is 11.1 Å². The lowest BCUT2D eigenvalue weighted by molar-refractivity contribution is 0.0907. The van der Waals surface area contributed by atoms with E-state index in [0.29, 0.717) is 16.7 Å². The summed E-state index contributed by atoms with van der Waals surface area (Å²) < 4.78 is 0. The van der Waals surface area contributed by atoms with Gasteiger partial charge in [-0.2, -0.15) is 0 Å². The predicted molar refractivity (Wildman–Crippen MR) is 126 cm³/mol. The Balaban J connectivity index is 1.37. The van der Waals surface area contributed by atoms with E-state index in [-0.39, 0.29) is 17.7 Å². The van der Waals surface area contributed by atoms with Gasteiger partial charge in [-0.25, -0.2) is 0 Å². The molecule has 0 radical (unpaired) electrons. The van der Waals surface area contributed by atoms with Gasteiger partial charge in [-0.1, -0.05) is 60.7 Å². The minimum absolute atomic E-state index is 0.0118. The maximum atomic E-state index is 13.3. The number of hydrogen-bond donors (Lipinski definition) is 1. The number of rotatable bonds is 5. The van der Waals surface area contributed by atoms with E-state index in [1.165, 1.54) is 0 Å². The fraction of sp³-hybridized carbons (Fsp3) is 0.259. The average Bonchev–Trinajstić information content (AvgIpc) is 3.12. The number of ketones is 1. The summed E-state index contributed by atoms with van der Waals surface area (Å²) in [7, 11) is 2.14. The van der Waals surface area contributed by atoms with Gasteiger partial charge in [0.25, 0.3) is 5.91 Å². The van der Waals surface area contributed by atoms with Crippen LogP contribution in [0.15, 0.2) is 72.8 Å². The van der Waals surface area contributed by atoms with E-state index in [1.807, 2.05) is 54.6 Å². The third kappa shape index (κ3) is 3.97. The molecule has 0 aromatic heterocycles. The second kappa shape index (κ2) is 8.69. The maximum Gasteiger partial charge on any atom is 0.251 e. The third-order valence-electron chi connectivity index (χ3n) is 6.53. The molecule has 1 aliphatic heterocycles. The normalized spacial score (nSPS) is 17.0. The number of fused-ring (bicyclic) bond motifs is 3. The fourth-order valence-electron chi connectivity index (χ4n) is 4.62. The maximum absolute atomic E-state index is 13.3. The van der Waals surface area contributed by atoms with Crippen LogP contribution in [0.5, 0.6) is 0 Å². The Morgan fingerprint density at radius 1 is 0.844 bits per heavy atom. The largest absolute Gasteiger partial charge is 0.344 e. The predicted octanol–water partition coefficient (Wildman–Crippen LogP) is 3.62. The summed E-state index contributed by atoms with van der Waals surface area (Å²) in [4.78, 5) is 30.8. The summed E-state index contributed by atoms with van der Waals surface area (Å²) >= 11 is 0. The number of carbonyl (C=O) groups excluding carboxylic acids is 2. The fourth-order valence-corrected chi connectivity index (χ4v) is 4.62. The topological polar surface area (TPSA) is 52.6 Å². The first-order valence-corrected chi connectivity index (χ1v) is 11.1.